The second-order valence-electron chi connectivity index (χ2n) is 5.86. The second kappa shape index (κ2) is 7.26. The highest BCUT2D eigenvalue weighted by Crippen LogP contribution is 2.38. The van der Waals surface area contributed by atoms with Gasteiger partial charge in [-0.15, -0.1) is 0 Å². The second-order valence-corrected chi connectivity index (χ2v) is 7.77. The number of sulfonamides is 1. The van der Waals surface area contributed by atoms with Crippen LogP contribution in [0.5, 0.6) is 0 Å². The zero-order valence-corrected chi connectivity index (χ0v) is 14.2. The molecule has 7 nitrogen and oxygen atoms in total. The highest BCUT2D eigenvalue weighted by Gasteiger charge is 2.41. The van der Waals surface area contributed by atoms with Gasteiger partial charge in [0.25, 0.3) is 5.69 Å². The number of alkyl halides is 3. The standard InChI is InChI=1S/C14H18F3N3O4S/c1-18-8-10-3-2-6-19(9-10)25(23,24)13-5-4-11(20(21)22)7-12(13)14(15,16)17/h4-5,7,10,18H,2-3,6,8-9H2,1H3. The first-order valence-electron chi connectivity index (χ1n) is 7.57. The summed E-state index contributed by atoms with van der Waals surface area (Å²) in [6, 6.07) is 1.71. The topological polar surface area (TPSA) is 92.6 Å². The van der Waals surface area contributed by atoms with Crippen LogP contribution < -0.4 is 5.32 Å². The number of nitrogens with zero attached hydrogens (tertiary/aromatic N) is 2. The van der Waals surface area contributed by atoms with Gasteiger partial charge in [0.2, 0.25) is 10.0 Å². The Balaban J connectivity index is 2.46. The summed E-state index contributed by atoms with van der Waals surface area (Å²) in [7, 11) is -2.69. The molecule has 0 radical (unpaired) electrons. The van der Waals surface area contributed by atoms with Crippen molar-refractivity contribution in [3.8, 4) is 0 Å². The quantitative estimate of drug-likeness (QED) is 0.624. The van der Waals surface area contributed by atoms with Crippen molar-refractivity contribution in [2.75, 3.05) is 26.7 Å². The maximum Gasteiger partial charge on any atom is 0.417 e. The molecule has 0 aliphatic carbocycles. The molecule has 0 bridgehead atoms. The van der Waals surface area contributed by atoms with Crippen LogP contribution in [0.25, 0.3) is 0 Å². The lowest BCUT2D eigenvalue weighted by Gasteiger charge is -2.32. The van der Waals surface area contributed by atoms with E-state index in [9.17, 15) is 31.7 Å². The van der Waals surface area contributed by atoms with Crippen molar-refractivity contribution in [3.05, 3.63) is 33.9 Å². The van der Waals surface area contributed by atoms with E-state index in [0.29, 0.717) is 19.0 Å². The third-order valence-electron chi connectivity index (χ3n) is 4.07. The van der Waals surface area contributed by atoms with E-state index in [1.807, 2.05) is 0 Å². The minimum atomic E-state index is -5.02. The van der Waals surface area contributed by atoms with Gasteiger partial charge in [-0.1, -0.05) is 0 Å². The van der Waals surface area contributed by atoms with Gasteiger partial charge in [0.15, 0.2) is 0 Å². The van der Waals surface area contributed by atoms with Gasteiger partial charge >= 0.3 is 6.18 Å². The SMILES string of the molecule is CNCC1CCCN(S(=O)(=O)c2ccc([N+](=O)[O-])cc2C(F)(F)F)C1. The van der Waals surface area contributed by atoms with Gasteiger partial charge in [0.1, 0.15) is 0 Å². The molecule has 1 aliphatic heterocycles. The minimum Gasteiger partial charge on any atom is -0.319 e. The van der Waals surface area contributed by atoms with E-state index in [0.717, 1.165) is 16.8 Å². The molecule has 1 heterocycles. The van der Waals surface area contributed by atoms with E-state index >= 15 is 0 Å². The van der Waals surface area contributed by atoms with E-state index in [1.165, 1.54) is 0 Å². The van der Waals surface area contributed by atoms with Crippen LogP contribution in [0.15, 0.2) is 23.1 Å². The molecule has 1 saturated heterocycles. The normalized spacial score (nSPS) is 19.8. The molecule has 11 heteroatoms. The first kappa shape index (κ1) is 19.6. The van der Waals surface area contributed by atoms with Crippen LogP contribution in [0.1, 0.15) is 18.4 Å². The number of hydrogen-bond acceptors (Lipinski definition) is 5. The van der Waals surface area contributed by atoms with Gasteiger partial charge < -0.3 is 5.32 Å². The molecule has 1 unspecified atom stereocenters. The Morgan fingerprint density at radius 1 is 1.40 bits per heavy atom. The maximum atomic E-state index is 13.3. The Labute approximate surface area is 143 Å². The molecule has 1 fully saturated rings. The molecule has 1 aromatic carbocycles. The Kier molecular flexibility index (Phi) is 5.69. The van der Waals surface area contributed by atoms with E-state index in [2.05, 4.69) is 5.32 Å². The summed E-state index contributed by atoms with van der Waals surface area (Å²) in [5.74, 6) is 0.000843. The van der Waals surface area contributed by atoms with Crippen molar-refractivity contribution in [1.29, 1.82) is 0 Å². The van der Waals surface area contributed by atoms with Crippen LogP contribution >= 0.6 is 0 Å². The Hall–Kier alpha value is -1.72. The summed E-state index contributed by atoms with van der Waals surface area (Å²) in [6.45, 7) is 0.784. The number of piperidine rings is 1. The molecule has 1 aromatic rings. The lowest BCUT2D eigenvalue weighted by molar-refractivity contribution is -0.385. The fourth-order valence-corrected chi connectivity index (χ4v) is 4.66. The smallest absolute Gasteiger partial charge is 0.319 e. The summed E-state index contributed by atoms with van der Waals surface area (Å²) in [4.78, 5) is 8.79. The fraction of sp³-hybridized carbons (Fsp3) is 0.571. The number of non-ortho nitro benzene ring substituents is 1. The average molecular weight is 381 g/mol. The third kappa shape index (κ3) is 4.28. The Morgan fingerprint density at radius 2 is 2.08 bits per heavy atom. The summed E-state index contributed by atoms with van der Waals surface area (Å²) >= 11 is 0. The fourth-order valence-electron chi connectivity index (χ4n) is 2.92. The average Bonchev–Trinajstić information content (AvgIpc) is 2.54. The lowest BCUT2D eigenvalue weighted by Crippen LogP contribution is -2.42. The molecule has 0 spiro atoms. The molecule has 140 valence electrons. The lowest BCUT2D eigenvalue weighted by atomic mass is 10.00. The summed E-state index contributed by atoms with van der Waals surface area (Å²) in [5.41, 5.74) is -2.32. The number of rotatable bonds is 5. The van der Waals surface area contributed by atoms with Crippen LogP contribution in [0.2, 0.25) is 0 Å². The van der Waals surface area contributed by atoms with E-state index in [-0.39, 0.29) is 25.1 Å². The summed E-state index contributed by atoms with van der Waals surface area (Å²) in [5, 5.41) is 13.7. The number of benzene rings is 1. The predicted molar refractivity (Wildman–Crippen MR) is 83.5 cm³/mol. The highest BCUT2D eigenvalue weighted by molar-refractivity contribution is 7.89. The number of nitro groups is 1. The van der Waals surface area contributed by atoms with Crippen molar-refractivity contribution in [1.82, 2.24) is 9.62 Å². The zero-order chi connectivity index (χ0) is 18.8. The van der Waals surface area contributed by atoms with E-state index in [1.54, 1.807) is 7.05 Å². The molecular weight excluding hydrogens is 363 g/mol. The number of halogens is 3. The largest absolute Gasteiger partial charge is 0.417 e. The Bertz CT molecular complexity index is 750. The van der Waals surface area contributed by atoms with Crippen molar-refractivity contribution < 1.29 is 26.5 Å². The Morgan fingerprint density at radius 3 is 2.64 bits per heavy atom. The van der Waals surface area contributed by atoms with Crippen LogP contribution in [-0.4, -0.2) is 44.3 Å². The highest BCUT2D eigenvalue weighted by atomic mass is 32.2. The van der Waals surface area contributed by atoms with Crippen molar-refractivity contribution in [2.45, 2.75) is 23.9 Å². The van der Waals surface area contributed by atoms with Gasteiger partial charge in [-0.2, -0.15) is 17.5 Å². The van der Waals surface area contributed by atoms with Crippen molar-refractivity contribution in [2.24, 2.45) is 5.92 Å². The number of nitro benzene ring substituents is 1. The van der Waals surface area contributed by atoms with E-state index < -0.39 is 37.3 Å². The third-order valence-corrected chi connectivity index (χ3v) is 6.00. The van der Waals surface area contributed by atoms with Crippen LogP contribution in [0, 0.1) is 16.0 Å². The monoisotopic (exact) mass is 381 g/mol. The predicted octanol–water partition coefficient (Wildman–Crippen LogP) is 2.23. The minimum absolute atomic E-state index is 0.000843. The van der Waals surface area contributed by atoms with Crippen molar-refractivity contribution >= 4 is 15.7 Å². The number of hydrogen-bond donors (Lipinski definition) is 1. The van der Waals surface area contributed by atoms with Crippen LogP contribution in [0.4, 0.5) is 18.9 Å². The van der Waals surface area contributed by atoms with Gasteiger partial charge in [-0.05, 0) is 38.4 Å². The van der Waals surface area contributed by atoms with Gasteiger partial charge in [-0.25, -0.2) is 8.42 Å². The molecule has 25 heavy (non-hydrogen) atoms. The molecule has 0 saturated carbocycles. The number of nitrogens with one attached hydrogen (secondary N) is 1. The first-order chi connectivity index (χ1) is 11.6. The summed E-state index contributed by atoms with van der Waals surface area (Å²) in [6.07, 6.45) is -3.70. The molecule has 0 aromatic heterocycles. The van der Waals surface area contributed by atoms with Crippen molar-refractivity contribution in [3.63, 3.8) is 0 Å². The molecule has 2 rings (SSSR count). The molecule has 1 atom stereocenters. The van der Waals surface area contributed by atoms with Crippen LogP contribution in [-0.2, 0) is 16.2 Å². The van der Waals surface area contributed by atoms with Gasteiger partial charge in [0, 0.05) is 25.2 Å². The first-order valence-corrected chi connectivity index (χ1v) is 9.01. The zero-order valence-electron chi connectivity index (χ0n) is 13.4. The molecule has 1 aliphatic rings. The van der Waals surface area contributed by atoms with Crippen LogP contribution in [0.3, 0.4) is 0 Å². The van der Waals surface area contributed by atoms with E-state index in [4.69, 9.17) is 0 Å². The molecule has 0 amide bonds. The summed E-state index contributed by atoms with van der Waals surface area (Å²) < 4.78 is 66.3. The maximum absolute atomic E-state index is 13.3. The van der Waals surface area contributed by atoms with Gasteiger partial charge in [0.05, 0.1) is 15.4 Å². The molecular formula is C14H18F3N3O4S. The van der Waals surface area contributed by atoms with Gasteiger partial charge in [-0.3, -0.25) is 10.1 Å². The molecule has 1 N–H and O–H groups in total.